The Labute approximate surface area is 301 Å². The molecule has 0 aromatic carbocycles. The van der Waals surface area contributed by atoms with Crippen molar-refractivity contribution in [3.05, 3.63) is 0 Å². The smallest absolute Gasteiger partial charge is 0.0872 e. The van der Waals surface area contributed by atoms with E-state index in [0.717, 1.165) is 38.5 Å². The van der Waals surface area contributed by atoms with Crippen molar-refractivity contribution in [1.82, 2.24) is 40.1 Å². The summed E-state index contributed by atoms with van der Waals surface area (Å²) in [5.41, 5.74) is 0. The largest absolute Gasteiger partial charge is 0.219 e. The van der Waals surface area contributed by atoms with Gasteiger partial charge in [0.25, 0.3) is 0 Å². The SMILES string of the molecule is CCC(C)N1C(C)N(C(C)CC)N(C(CC)CCC(CC)N2C(C)N(C(C)CC)N(C(C)CC)C(C)N2C(C)CC)C(C)N1C(C)CC. The minimum absolute atomic E-state index is 0.319. The molecule has 2 aliphatic rings. The molecule has 48 heavy (non-hydrogen) atoms. The van der Waals surface area contributed by atoms with Gasteiger partial charge in [0.1, 0.15) is 0 Å². The molecule has 2 heterocycles. The molecule has 12 atom stereocenters. The summed E-state index contributed by atoms with van der Waals surface area (Å²) >= 11 is 0. The van der Waals surface area contributed by atoms with Crippen molar-refractivity contribution in [2.45, 2.75) is 262 Å². The number of hydrogen-bond donors (Lipinski definition) is 0. The van der Waals surface area contributed by atoms with Gasteiger partial charge < -0.3 is 0 Å². The van der Waals surface area contributed by atoms with Gasteiger partial charge in [0, 0.05) is 48.3 Å². The highest BCUT2D eigenvalue weighted by molar-refractivity contribution is 4.92. The van der Waals surface area contributed by atoms with E-state index in [1.54, 1.807) is 0 Å². The van der Waals surface area contributed by atoms with E-state index in [0.29, 0.717) is 73.0 Å². The molecule has 2 rings (SSSR count). The highest BCUT2D eigenvalue weighted by Crippen LogP contribution is 2.38. The van der Waals surface area contributed by atoms with Crippen molar-refractivity contribution in [2.24, 2.45) is 0 Å². The summed E-state index contributed by atoms with van der Waals surface area (Å²) < 4.78 is 0. The van der Waals surface area contributed by atoms with Gasteiger partial charge in [-0.25, -0.2) is 40.1 Å². The third kappa shape index (κ3) is 9.00. The Balaban J connectivity index is 2.57. The van der Waals surface area contributed by atoms with Crippen LogP contribution < -0.4 is 0 Å². The summed E-state index contributed by atoms with van der Waals surface area (Å²) in [4.78, 5) is 0. The molecule has 286 valence electrons. The van der Waals surface area contributed by atoms with Gasteiger partial charge in [0.2, 0.25) is 0 Å². The molecule has 0 N–H and O–H groups in total. The minimum Gasteiger partial charge on any atom is -0.219 e. The number of hydrazine groups is 4. The van der Waals surface area contributed by atoms with Gasteiger partial charge in [-0.05, 0) is 133 Å². The third-order valence-corrected chi connectivity index (χ3v) is 12.9. The highest BCUT2D eigenvalue weighted by Gasteiger charge is 2.50. The van der Waals surface area contributed by atoms with E-state index >= 15 is 0 Å². The fourth-order valence-electron chi connectivity index (χ4n) is 9.15. The van der Waals surface area contributed by atoms with Crippen molar-refractivity contribution < 1.29 is 0 Å². The predicted molar refractivity (Wildman–Crippen MR) is 208 cm³/mol. The van der Waals surface area contributed by atoms with E-state index in [1.165, 1.54) is 25.7 Å². The van der Waals surface area contributed by atoms with Crippen LogP contribution >= 0.6 is 0 Å². The average molecular weight is 679 g/mol. The van der Waals surface area contributed by atoms with Crippen LogP contribution in [0.15, 0.2) is 0 Å². The van der Waals surface area contributed by atoms with Gasteiger partial charge >= 0.3 is 0 Å². The first-order valence-corrected chi connectivity index (χ1v) is 20.9. The Morgan fingerprint density at radius 1 is 0.292 bits per heavy atom. The van der Waals surface area contributed by atoms with Gasteiger partial charge in [0.15, 0.2) is 0 Å². The molecule has 0 saturated carbocycles. The summed E-state index contributed by atoms with van der Waals surface area (Å²) in [6.45, 7) is 43.7. The molecule has 0 radical (unpaired) electrons. The van der Waals surface area contributed by atoms with Gasteiger partial charge in [-0.1, -0.05) is 55.4 Å². The fraction of sp³-hybridized carbons (Fsp3) is 1.00. The predicted octanol–water partition coefficient (Wildman–Crippen LogP) is 9.60. The number of hydrogen-bond acceptors (Lipinski definition) is 8. The molecule has 0 aliphatic carbocycles. The van der Waals surface area contributed by atoms with Gasteiger partial charge in [-0.3, -0.25) is 0 Å². The number of rotatable bonds is 19. The van der Waals surface area contributed by atoms with E-state index in [-0.39, 0.29) is 0 Å². The molecule has 0 aromatic heterocycles. The lowest BCUT2D eigenvalue weighted by molar-refractivity contribution is -0.337. The zero-order chi connectivity index (χ0) is 36.6. The zero-order valence-corrected chi connectivity index (χ0v) is 35.6. The van der Waals surface area contributed by atoms with Crippen molar-refractivity contribution in [3.63, 3.8) is 0 Å². The molecular formula is C40H86N8. The van der Waals surface area contributed by atoms with E-state index in [1.807, 2.05) is 0 Å². The Morgan fingerprint density at radius 2 is 0.458 bits per heavy atom. The molecular weight excluding hydrogens is 592 g/mol. The van der Waals surface area contributed by atoms with Crippen molar-refractivity contribution in [1.29, 1.82) is 0 Å². The molecule has 0 bridgehead atoms. The lowest BCUT2D eigenvalue weighted by Crippen LogP contribution is -2.77. The molecule has 0 spiro atoms. The van der Waals surface area contributed by atoms with E-state index in [2.05, 4.69) is 165 Å². The quantitative estimate of drug-likeness (QED) is 0.133. The normalized spacial score (nSPS) is 30.6. The first-order valence-electron chi connectivity index (χ1n) is 20.9. The molecule has 0 aromatic rings. The van der Waals surface area contributed by atoms with Crippen molar-refractivity contribution in [3.8, 4) is 0 Å². The second-order valence-electron chi connectivity index (χ2n) is 15.8. The standard InChI is InChI=1S/C40H86N8/c1-19-29(9)41-35(15)45(33(13)23-5)47(37(17)43(41)31(11)21-3)39(25-7)27-28-40(26-8)48-38(18)44(32(12)22-4)42(30(10)20-2)36(16)46(48)34(14)24-6/h29-40H,19-28H2,1-18H3. The molecule has 12 unspecified atom stereocenters. The van der Waals surface area contributed by atoms with Crippen molar-refractivity contribution in [2.75, 3.05) is 0 Å². The maximum atomic E-state index is 2.86. The maximum absolute atomic E-state index is 2.86. The van der Waals surface area contributed by atoms with E-state index in [9.17, 15) is 0 Å². The molecule has 2 saturated heterocycles. The third-order valence-electron chi connectivity index (χ3n) is 12.9. The molecule has 0 amide bonds. The Morgan fingerprint density at radius 3 is 0.625 bits per heavy atom. The maximum Gasteiger partial charge on any atom is 0.0872 e. The molecule has 8 heteroatoms. The Hall–Kier alpha value is -0.320. The second kappa shape index (κ2) is 20.1. The van der Waals surface area contributed by atoms with Crippen LogP contribution in [0.4, 0.5) is 0 Å². The van der Waals surface area contributed by atoms with Crippen LogP contribution in [-0.4, -0.2) is 113 Å². The van der Waals surface area contributed by atoms with Crippen LogP contribution in [0, 0.1) is 0 Å². The van der Waals surface area contributed by atoms with Crippen LogP contribution in [0.3, 0.4) is 0 Å². The van der Waals surface area contributed by atoms with Crippen LogP contribution in [0.5, 0.6) is 0 Å². The summed E-state index contributed by atoms with van der Waals surface area (Å²) in [6, 6.07) is 3.98. The van der Waals surface area contributed by atoms with Crippen LogP contribution in [0.2, 0.25) is 0 Å². The summed E-state index contributed by atoms with van der Waals surface area (Å²) in [5.74, 6) is 0. The Bertz CT molecular complexity index is 819. The fourth-order valence-corrected chi connectivity index (χ4v) is 9.15. The molecule has 8 nitrogen and oxygen atoms in total. The lowest BCUT2D eigenvalue weighted by atomic mass is 9.99. The van der Waals surface area contributed by atoms with Crippen molar-refractivity contribution >= 4 is 0 Å². The first-order chi connectivity index (χ1) is 22.7. The van der Waals surface area contributed by atoms with Crippen LogP contribution in [0.1, 0.15) is 189 Å². The lowest BCUT2D eigenvalue weighted by Gasteiger charge is -2.64. The number of nitrogens with zero attached hydrogens (tertiary/aromatic N) is 8. The van der Waals surface area contributed by atoms with Gasteiger partial charge in [-0.2, -0.15) is 0 Å². The van der Waals surface area contributed by atoms with E-state index in [4.69, 9.17) is 0 Å². The first kappa shape index (κ1) is 43.8. The highest BCUT2D eigenvalue weighted by atomic mass is 15.9. The molecule has 2 fully saturated rings. The van der Waals surface area contributed by atoms with Crippen LogP contribution in [0.25, 0.3) is 0 Å². The summed E-state index contributed by atoms with van der Waals surface area (Å²) in [7, 11) is 0. The van der Waals surface area contributed by atoms with E-state index < -0.39 is 0 Å². The average Bonchev–Trinajstić information content (AvgIpc) is 3.09. The summed E-state index contributed by atoms with van der Waals surface area (Å²) in [6.07, 6.45) is 13.0. The van der Waals surface area contributed by atoms with Gasteiger partial charge in [0.05, 0.1) is 24.7 Å². The zero-order valence-electron chi connectivity index (χ0n) is 35.6. The summed E-state index contributed by atoms with van der Waals surface area (Å²) in [5, 5.41) is 22.4. The molecule has 2 aliphatic heterocycles. The minimum atomic E-state index is 0.319. The second-order valence-corrected chi connectivity index (χ2v) is 15.8. The Kier molecular flexibility index (Phi) is 18.3. The topological polar surface area (TPSA) is 25.9 Å². The van der Waals surface area contributed by atoms with Crippen LogP contribution in [-0.2, 0) is 0 Å². The van der Waals surface area contributed by atoms with Gasteiger partial charge in [-0.15, -0.1) is 0 Å². The monoisotopic (exact) mass is 679 g/mol.